The molecule has 1 amide bonds. The third-order valence-corrected chi connectivity index (χ3v) is 5.35. The summed E-state index contributed by atoms with van der Waals surface area (Å²) < 4.78 is 0. The van der Waals surface area contributed by atoms with Crippen molar-refractivity contribution in [3.05, 3.63) is 0 Å². The average molecular weight is 242 g/mol. The lowest BCUT2D eigenvalue weighted by molar-refractivity contribution is -0.137. The van der Waals surface area contributed by atoms with E-state index < -0.39 is 0 Å². The van der Waals surface area contributed by atoms with Gasteiger partial charge in [-0.1, -0.05) is 6.92 Å². The number of hydrogen-bond acceptors (Lipinski definition) is 1. The van der Waals surface area contributed by atoms with Crippen molar-refractivity contribution in [2.45, 2.75) is 38.0 Å². The zero-order valence-corrected chi connectivity index (χ0v) is 10.6. The molecule has 1 saturated heterocycles. The van der Waals surface area contributed by atoms with Crippen LogP contribution in [0.1, 0.15) is 32.6 Å². The largest absolute Gasteiger partial charge is 0.342 e. The van der Waals surface area contributed by atoms with Crippen LogP contribution in [0, 0.1) is 23.7 Å². The van der Waals surface area contributed by atoms with Crippen LogP contribution in [-0.4, -0.2) is 29.3 Å². The first-order chi connectivity index (χ1) is 7.65. The fourth-order valence-electron chi connectivity index (χ4n) is 3.49. The van der Waals surface area contributed by atoms with E-state index in [-0.39, 0.29) is 5.38 Å². The summed E-state index contributed by atoms with van der Waals surface area (Å²) >= 11 is 6.19. The molecule has 3 fully saturated rings. The Hall–Kier alpha value is -0.240. The standard InChI is InChI=1S/C13H20ClNO/c1-8-7-15(3-2-12(8)14)13(16)11-5-9-4-10(9)6-11/h8-12H,2-7H2,1H3. The second-order valence-corrected chi connectivity index (χ2v) is 6.55. The molecule has 1 heterocycles. The molecule has 2 saturated carbocycles. The Bertz CT molecular complexity index is 296. The normalized spacial score (nSPS) is 46.6. The van der Waals surface area contributed by atoms with Crippen molar-refractivity contribution < 1.29 is 4.79 Å². The summed E-state index contributed by atoms with van der Waals surface area (Å²) in [5, 5.41) is 0.265. The predicted octanol–water partition coefficient (Wildman–Crippen LogP) is 2.51. The molecule has 3 aliphatic rings. The Labute approximate surface area is 102 Å². The number of hydrogen-bond donors (Lipinski definition) is 0. The van der Waals surface area contributed by atoms with Crippen LogP contribution in [0.15, 0.2) is 0 Å². The van der Waals surface area contributed by atoms with E-state index in [0.717, 1.165) is 31.3 Å². The fraction of sp³-hybridized carbons (Fsp3) is 0.923. The topological polar surface area (TPSA) is 20.3 Å². The monoisotopic (exact) mass is 241 g/mol. The molecule has 0 aromatic carbocycles. The summed E-state index contributed by atoms with van der Waals surface area (Å²) in [6.45, 7) is 3.91. The molecule has 0 aromatic rings. The highest BCUT2D eigenvalue weighted by Gasteiger charge is 2.49. The van der Waals surface area contributed by atoms with Gasteiger partial charge in [-0.3, -0.25) is 4.79 Å². The van der Waals surface area contributed by atoms with Crippen LogP contribution >= 0.6 is 11.6 Å². The van der Waals surface area contributed by atoms with E-state index in [1.54, 1.807) is 0 Å². The van der Waals surface area contributed by atoms with E-state index in [9.17, 15) is 4.79 Å². The highest BCUT2D eigenvalue weighted by molar-refractivity contribution is 6.20. The third kappa shape index (κ3) is 1.85. The number of rotatable bonds is 1. The highest BCUT2D eigenvalue weighted by Crippen LogP contribution is 2.54. The van der Waals surface area contributed by atoms with Crippen molar-refractivity contribution in [1.82, 2.24) is 4.90 Å². The van der Waals surface area contributed by atoms with E-state index in [0.29, 0.717) is 17.7 Å². The lowest BCUT2D eigenvalue weighted by atomic mass is 9.96. The van der Waals surface area contributed by atoms with Gasteiger partial charge in [0.05, 0.1) is 0 Å². The number of carbonyl (C=O) groups excluding carboxylic acids is 1. The number of nitrogens with zero attached hydrogens (tertiary/aromatic N) is 1. The van der Waals surface area contributed by atoms with E-state index in [2.05, 4.69) is 11.8 Å². The van der Waals surface area contributed by atoms with Crippen molar-refractivity contribution in [1.29, 1.82) is 0 Å². The van der Waals surface area contributed by atoms with Gasteiger partial charge in [-0.05, 0) is 43.4 Å². The first kappa shape index (κ1) is 10.9. The predicted molar refractivity (Wildman–Crippen MR) is 64.3 cm³/mol. The second kappa shape index (κ2) is 3.90. The van der Waals surface area contributed by atoms with Crippen LogP contribution in [0.3, 0.4) is 0 Å². The molecule has 1 aliphatic heterocycles. The zero-order chi connectivity index (χ0) is 11.3. The molecule has 2 aliphatic carbocycles. The van der Waals surface area contributed by atoms with Crippen molar-refractivity contribution in [2.24, 2.45) is 23.7 Å². The number of carbonyl (C=O) groups is 1. The van der Waals surface area contributed by atoms with Gasteiger partial charge >= 0.3 is 0 Å². The Morgan fingerprint density at radius 3 is 2.56 bits per heavy atom. The zero-order valence-electron chi connectivity index (χ0n) is 9.86. The maximum atomic E-state index is 12.3. The molecule has 0 radical (unpaired) electrons. The SMILES string of the molecule is CC1CN(C(=O)C2CC3CC3C2)CCC1Cl. The molecule has 4 unspecified atom stereocenters. The highest BCUT2D eigenvalue weighted by atomic mass is 35.5. The minimum absolute atomic E-state index is 0.265. The Morgan fingerprint density at radius 1 is 1.25 bits per heavy atom. The minimum atomic E-state index is 0.265. The summed E-state index contributed by atoms with van der Waals surface area (Å²) in [7, 11) is 0. The van der Waals surface area contributed by atoms with Gasteiger partial charge in [-0.25, -0.2) is 0 Å². The van der Waals surface area contributed by atoms with Crippen molar-refractivity contribution in [3.8, 4) is 0 Å². The van der Waals surface area contributed by atoms with Gasteiger partial charge in [0.1, 0.15) is 0 Å². The van der Waals surface area contributed by atoms with Crippen LogP contribution < -0.4 is 0 Å². The van der Waals surface area contributed by atoms with Gasteiger partial charge in [-0.2, -0.15) is 0 Å². The molecular formula is C13H20ClNO. The van der Waals surface area contributed by atoms with Crippen molar-refractivity contribution in [3.63, 3.8) is 0 Å². The molecule has 0 bridgehead atoms. The van der Waals surface area contributed by atoms with Crippen LogP contribution in [0.25, 0.3) is 0 Å². The van der Waals surface area contributed by atoms with Crippen LogP contribution in [0.4, 0.5) is 0 Å². The molecule has 2 nitrogen and oxygen atoms in total. The number of alkyl halides is 1. The molecular weight excluding hydrogens is 222 g/mol. The molecule has 3 heteroatoms. The second-order valence-electron chi connectivity index (χ2n) is 5.99. The van der Waals surface area contributed by atoms with Crippen molar-refractivity contribution >= 4 is 17.5 Å². The number of halogens is 1. The molecule has 0 spiro atoms. The number of fused-ring (bicyclic) bond motifs is 1. The average Bonchev–Trinajstić information content (AvgIpc) is 2.89. The quantitative estimate of drug-likeness (QED) is 0.646. The Kier molecular flexibility index (Phi) is 2.66. The summed E-state index contributed by atoms with van der Waals surface area (Å²) in [6.07, 6.45) is 4.69. The first-order valence-corrected chi connectivity index (χ1v) is 7.01. The van der Waals surface area contributed by atoms with Crippen molar-refractivity contribution in [2.75, 3.05) is 13.1 Å². The third-order valence-electron chi connectivity index (χ3n) is 4.71. The van der Waals surface area contributed by atoms with E-state index in [4.69, 9.17) is 11.6 Å². The van der Waals surface area contributed by atoms with Crippen LogP contribution in [0.5, 0.6) is 0 Å². The Morgan fingerprint density at radius 2 is 1.94 bits per heavy atom. The Balaban J connectivity index is 1.58. The molecule has 0 N–H and O–H groups in total. The lowest BCUT2D eigenvalue weighted by Gasteiger charge is -2.35. The van der Waals surface area contributed by atoms with Gasteiger partial charge in [-0.15, -0.1) is 11.6 Å². The maximum Gasteiger partial charge on any atom is 0.225 e. The van der Waals surface area contributed by atoms with E-state index in [1.165, 1.54) is 19.3 Å². The summed E-state index contributed by atoms with van der Waals surface area (Å²) in [5.74, 6) is 3.02. The fourth-order valence-corrected chi connectivity index (χ4v) is 3.67. The lowest BCUT2D eigenvalue weighted by Crippen LogP contribution is -2.45. The van der Waals surface area contributed by atoms with Gasteiger partial charge in [0.2, 0.25) is 5.91 Å². The molecule has 4 atom stereocenters. The minimum Gasteiger partial charge on any atom is -0.342 e. The van der Waals surface area contributed by atoms with Gasteiger partial charge in [0.15, 0.2) is 0 Å². The maximum absolute atomic E-state index is 12.3. The van der Waals surface area contributed by atoms with Gasteiger partial charge < -0.3 is 4.90 Å². The number of piperidine rings is 1. The summed E-state index contributed by atoms with van der Waals surface area (Å²) in [4.78, 5) is 14.4. The van der Waals surface area contributed by atoms with Gasteiger partial charge in [0, 0.05) is 24.4 Å². The number of likely N-dealkylation sites (tertiary alicyclic amines) is 1. The summed E-state index contributed by atoms with van der Waals surface area (Å²) in [6, 6.07) is 0. The smallest absolute Gasteiger partial charge is 0.225 e. The first-order valence-electron chi connectivity index (χ1n) is 6.58. The van der Waals surface area contributed by atoms with Gasteiger partial charge in [0.25, 0.3) is 0 Å². The number of amides is 1. The van der Waals surface area contributed by atoms with E-state index in [1.807, 2.05) is 0 Å². The van der Waals surface area contributed by atoms with Crippen LogP contribution in [0.2, 0.25) is 0 Å². The molecule has 0 aromatic heterocycles. The summed E-state index contributed by atoms with van der Waals surface area (Å²) in [5.41, 5.74) is 0. The molecule has 3 rings (SSSR count). The van der Waals surface area contributed by atoms with Crippen LogP contribution in [-0.2, 0) is 4.79 Å². The van der Waals surface area contributed by atoms with E-state index >= 15 is 0 Å². The molecule has 90 valence electrons. The molecule has 16 heavy (non-hydrogen) atoms.